The lowest BCUT2D eigenvalue weighted by molar-refractivity contribution is -0.127. The second kappa shape index (κ2) is 6.11. The molecule has 0 saturated carbocycles. The van der Waals surface area contributed by atoms with Crippen molar-refractivity contribution in [2.24, 2.45) is 17.6 Å². The van der Waals surface area contributed by atoms with E-state index in [1.165, 1.54) is 0 Å². The van der Waals surface area contributed by atoms with Gasteiger partial charge in [0, 0.05) is 12.5 Å². The van der Waals surface area contributed by atoms with Crippen molar-refractivity contribution < 1.29 is 4.79 Å². The lowest BCUT2D eigenvalue weighted by Gasteiger charge is -2.34. The Morgan fingerprint density at radius 2 is 1.93 bits per heavy atom. The summed E-state index contributed by atoms with van der Waals surface area (Å²) < 4.78 is 0. The van der Waals surface area contributed by atoms with Gasteiger partial charge in [-0.2, -0.15) is 0 Å². The number of rotatable bonds is 6. The highest BCUT2D eigenvalue weighted by atomic mass is 16.2. The Morgan fingerprint density at radius 1 is 1.40 bits per heavy atom. The van der Waals surface area contributed by atoms with Gasteiger partial charge < -0.3 is 11.1 Å². The molecular weight excluding hydrogens is 188 g/mol. The van der Waals surface area contributed by atoms with Crippen molar-refractivity contribution in [3.05, 3.63) is 0 Å². The largest absolute Gasteiger partial charge is 0.349 e. The van der Waals surface area contributed by atoms with Crippen LogP contribution < -0.4 is 11.1 Å². The standard InChI is InChI=1S/C12H26N2O/c1-6-7-10(4)11(15)14-12(5,8-13)9(2)3/h9-10H,6-8,13H2,1-5H3,(H,14,15). The summed E-state index contributed by atoms with van der Waals surface area (Å²) in [6, 6.07) is 0. The van der Waals surface area contributed by atoms with Crippen LogP contribution in [0.4, 0.5) is 0 Å². The third-order valence-electron chi connectivity index (χ3n) is 3.28. The fourth-order valence-corrected chi connectivity index (χ4v) is 1.40. The number of carbonyl (C=O) groups is 1. The van der Waals surface area contributed by atoms with Gasteiger partial charge in [0.25, 0.3) is 0 Å². The quantitative estimate of drug-likeness (QED) is 0.709. The predicted molar refractivity (Wildman–Crippen MR) is 64.5 cm³/mol. The minimum atomic E-state index is -0.279. The smallest absolute Gasteiger partial charge is 0.223 e. The molecule has 15 heavy (non-hydrogen) atoms. The van der Waals surface area contributed by atoms with E-state index in [1.807, 2.05) is 13.8 Å². The predicted octanol–water partition coefficient (Wildman–Crippen LogP) is 1.91. The number of nitrogens with two attached hydrogens (primary N) is 1. The average Bonchev–Trinajstić information content (AvgIpc) is 2.17. The Kier molecular flexibility index (Phi) is 5.88. The second-order valence-corrected chi connectivity index (χ2v) is 4.96. The van der Waals surface area contributed by atoms with Crippen LogP contribution in [0.3, 0.4) is 0 Å². The number of hydrogen-bond acceptors (Lipinski definition) is 2. The normalized spacial score (nSPS) is 17.3. The van der Waals surface area contributed by atoms with E-state index in [0.717, 1.165) is 12.8 Å². The molecule has 0 heterocycles. The Bertz CT molecular complexity index is 204. The monoisotopic (exact) mass is 214 g/mol. The van der Waals surface area contributed by atoms with Gasteiger partial charge in [0.05, 0.1) is 5.54 Å². The van der Waals surface area contributed by atoms with Crippen molar-refractivity contribution in [3.8, 4) is 0 Å². The zero-order valence-electron chi connectivity index (χ0n) is 10.8. The van der Waals surface area contributed by atoms with Crippen LogP contribution in [0.15, 0.2) is 0 Å². The molecule has 0 radical (unpaired) electrons. The summed E-state index contributed by atoms with van der Waals surface area (Å²) in [7, 11) is 0. The van der Waals surface area contributed by atoms with E-state index in [0.29, 0.717) is 12.5 Å². The number of hydrogen-bond donors (Lipinski definition) is 2. The lowest BCUT2D eigenvalue weighted by Crippen LogP contribution is -2.56. The fourth-order valence-electron chi connectivity index (χ4n) is 1.40. The van der Waals surface area contributed by atoms with Crippen LogP contribution in [0, 0.1) is 11.8 Å². The Balaban J connectivity index is 4.36. The molecule has 3 heteroatoms. The summed E-state index contributed by atoms with van der Waals surface area (Å²) in [5, 5.41) is 3.06. The third kappa shape index (κ3) is 4.20. The summed E-state index contributed by atoms with van der Waals surface area (Å²) in [6.07, 6.45) is 1.97. The van der Waals surface area contributed by atoms with Gasteiger partial charge in [-0.25, -0.2) is 0 Å². The van der Waals surface area contributed by atoms with Crippen LogP contribution in [0.5, 0.6) is 0 Å². The van der Waals surface area contributed by atoms with Crippen molar-refractivity contribution in [1.29, 1.82) is 0 Å². The van der Waals surface area contributed by atoms with Gasteiger partial charge in [-0.05, 0) is 19.3 Å². The minimum Gasteiger partial charge on any atom is -0.349 e. The molecular formula is C12H26N2O. The maximum Gasteiger partial charge on any atom is 0.223 e. The summed E-state index contributed by atoms with van der Waals surface area (Å²) in [5.41, 5.74) is 5.44. The van der Waals surface area contributed by atoms with E-state index in [4.69, 9.17) is 5.73 Å². The molecule has 0 fully saturated rings. The summed E-state index contributed by atoms with van der Waals surface area (Å²) >= 11 is 0. The van der Waals surface area contributed by atoms with Crippen molar-refractivity contribution in [1.82, 2.24) is 5.32 Å². The Hall–Kier alpha value is -0.570. The van der Waals surface area contributed by atoms with Crippen LogP contribution in [0.25, 0.3) is 0 Å². The lowest BCUT2D eigenvalue weighted by atomic mass is 9.87. The van der Waals surface area contributed by atoms with Crippen molar-refractivity contribution in [3.63, 3.8) is 0 Å². The first-order chi connectivity index (χ1) is 6.87. The molecule has 2 atom stereocenters. The highest BCUT2D eigenvalue weighted by molar-refractivity contribution is 5.79. The summed E-state index contributed by atoms with van der Waals surface area (Å²) in [6.45, 7) is 10.7. The van der Waals surface area contributed by atoms with Crippen molar-refractivity contribution >= 4 is 5.91 Å². The number of carbonyl (C=O) groups excluding carboxylic acids is 1. The molecule has 0 saturated heterocycles. The topological polar surface area (TPSA) is 55.1 Å². The average molecular weight is 214 g/mol. The highest BCUT2D eigenvalue weighted by Crippen LogP contribution is 2.16. The molecule has 2 unspecified atom stereocenters. The third-order valence-corrected chi connectivity index (χ3v) is 3.28. The van der Waals surface area contributed by atoms with Crippen molar-refractivity contribution in [2.45, 2.75) is 53.0 Å². The van der Waals surface area contributed by atoms with E-state index >= 15 is 0 Å². The Morgan fingerprint density at radius 3 is 2.27 bits per heavy atom. The molecule has 3 N–H and O–H groups in total. The zero-order chi connectivity index (χ0) is 12.1. The van der Waals surface area contributed by atoms with Crippen LogP contribution in [0.1, 0.15) is 47.5 Å². The molecule has 0 aliphatic rings. The molecule has 1 amide bonds. The molecule has 90 valence electrons. The minimum absolute atomic E-state index is 0.0830. The molecule has 0 rings (SSSR count). The molecule has 0 aliphatic heterocycles. The molecule has 0 aromatic rings. The van der Waals surface area contributed by atoms with Crippen molar-refractivity contribution in [2.75, 3.05) is 6.54 Å². The van der Waals surface area contributed by atoms with Crippen LogP contribution in [0.2, 0.25) is 0 Å². The Labute approximate surface area is 93.8 Å². The van der Waals surface area contributed by atoms with Gasteiger partial charge in [0.15, 0.2) is 0 Å². The van der Waals surface area contributed by atoms with Gasteiger partial charge >= 0.3 is 0 Å². The number of nitrogens with one attached hydrogen (secondary N) is 1. The highest BCUT2D eigenvalue weighted by Gasteiger charge is 2.29. The van der Waals surface area contributed by atoms with Gasteiger partial charge in [-0.3, -0.25) is 4.79 Å². The molecule has 3 nitrogen and oxygen atoms in total. The van der Waals surface area contributed by atoms with Crippen LogP contribution in [-0.2, 0) is 4.79 Å². The first-order valence-electron chi connectivity index (χ1n) is 5.89. The summed E-state index contributed by atoms with van der Waals surface area (Å²) in [4.78, 5) is 11.8. The maximum absolute atomic E-state index is 11.8. The van der Waals surface area contributed by atoms with E-state index in [-0.39, 0.29) is 17.4 Å². The van der Waals surface area contributed by atoms with E-state index in [1.54, 1.807) is 0 Å². The molecule has 0 aromatic carbocycles. The van der Waals surface area contributed by atoms with E-state index < -0.39 is 0 Å². The maximum atomic E-state index is 11.8. The molecule has 0 aromatic heterocycles. The SMILES string of the molecule is CCCC(C)C(=O)NC(C)(CN)C(C)C. The second-order valence-electron chi connectivity index (χ2n) is 4.96. The zero-order valence-corrected chi connectivity index (χ0v) is 10.8. The first kappa shape index (κ1) is 14.4. The van der Waals surface area contributed by atoms with E-state index in [9.17, 15) is 4.79 Å². The number of amides is 1. The van der Waals surface area contributed by atoms with Gasteiger partial charge in [0.1, 0.15) is 0 Å². The van der Waals surface area contributed by atoms with Crippen LogP contribution >= 0.6 is 0 Å². The van der Waals surface area contributed by atoms with Crippen LogP contribution in [-0.4, -0.2) is 18.0 Å². The van der Waals surface area contributed by atoms with Gasteiger partial charge in [-0.15, -0.1) is 0 Å². The molecule has 0 spiro atoms. The molecule has 0 bridgehead atoms. The fraction of sp³-hybridized carbons (Fsp3) is 0.917. The van der Waals surface area contributed by atoms with Gasteiger partial charge in [0.2, 0.25) is 5.91 Å². The first-order valence-corrected chi connectivity index (χ1v) is 5.89. The molecule has 0 aliphatic carbocycles. The van der Waals surface area contributed by atoms with E-state index in [2.05, 4.69) is 26.1 Å². The summed E-state index contributed by atoms with van der Waals surface area (Å²) in [5.74, 6) is 0.554. The van der Waals surface area contributed by atoms with Gasteiger partial charge in [-0.1, -0.05) is 34.1 Å².